The van der Waals surface area contributed by atoms with Crippen LogP contribution >= 0.6 is 0 Å². The Labute approximate surface area is 106 Å². The molecule has 0 saturated carbocycles. The summed E-state index contributed by atoms with van der Waals surface area (Å²) < 4.78 is 38.3. The van der Waals surface area contributed by atoms with E-state index in [0.717, 1.165) is 6.07 Å². The Morgan fingerprint density at radius 2 is 1.89 bits per heavy atom. The molecule has 1 aromatic heterocycles. The summed E-state index contributed by atoms with van der Waals surface area (Å²) in [6, 6.07) is 8.13. The molecule has 0 bridgehead atoms. The number of halogens is 3. The largest absolute Gasteiger partial charge is 0.418 e. The van der Waals surface area contributed by atoms with Crippen molar-refractivity contribution in [3.8, 4) is 6.07 Å². The van der Waals surface area contributed by atoms with E-state index >= 15 is 0 Å². The second kappa shape index (κ2) is 4.94. The van der Waals surface area contributed by atoms with Crippen LogP contribution in [0.4, 0.5) is 24.8 Å². The lowest BCUT2D eigenvalue weighted by Gasteiger charge is -2.13. The number of nitrogens with zero attached hydrogens (tertiary/aromatic N) is 3. The molecule has 4 nitrogen and oxygen atoms in total. The van der Waals surface area contributed by atoms with Gasteiger partial charge in [0.15, 0.2) is 0 Å². The van der Waals surface area contributed by atoms with Gasteiger partial charge in [0.1, 0.15) is 11.8 Å². The molecule has 7 heteroatoms. The molecule has 0 saturated heterocycles. The van der Waals surface area contributed by atoms with Crippen LogP contribution in [0, 0.1) is 11.3 Å². The van der Waals surface area contributed by atoms with E-state index in [1.165, 1.54) is 30.5 Å². The molecule has 0 spiro atoms. The van der Waals surface area contributed by atoms with Crippen molar-refractivity contribution < 1.29 is 13.2 Å². The van der Waals surface area contributed by atoms with Crippen LogP contribution in [0.25, 0.3) is 0 Å². The molecule has 0 unspecified atom stereocenters. The van der Waals surface area contributed by atoms with Crippen molar-refractivity contribution in [3.05, 3.63) is 47.8 Å². The fourth-order valence-corrected chi connectivity index (χ4v) is 1.44. The third kappa shape index (κ3) is 2.98. The number of rotatable bonds is 2. The number of aromatic nitrogens is 2. The summed E-state index contributed by atoms with van der Waals surface area (Å²) in [5.41, 5.74) is -0.909. The maximum absolute atomic E-state index is 12.8. The quantitative estimate of drug-likeness (QED) is 0.905. The first-order chi connectivity index (χ1) is 9.00. The number of nitrogens with one attached hydrogen (secondary N) is 1. The maximum atomic E-state index is 12.8. The van der Waals surface area contributed by atoms with E-state index in [1.807, 2.05) is 0 Å². The Balaban J connectivity index is 2.36. The number of benzene rings is 1. The highest BCUT2D eigenvalue weighted by Gasteiger charge is 2.33. The topological polar surface area (TPSA) is 61.6 Å². The van der Waals surface area contributed by atoms with Gasteiger partial charge >= 0.3 is 6.18 Å². The second-order valence-corrected chi connectivity index (χ2v) is 3.55. The Kier molecular flexibility index (Phi) is 3.33. The summed E-state index contributed by atoms with van der Waals surface area (Å²) in [7, 11) is 0. The summed E-state index contributed by atoms with van der Waals surface area (Å²) in [6.07, 6.45) is -3.18. The number of hydrogen-bond acceptors (Lipinski definition) is 4. The zero-order valence-corrected chi connectivity index (χ0v) is 9.44. The van der Waals surface area contributed by atoms with Crippen molar-refractivity contribution >= 4 is 11.6 Å². The van der Waals surface area contributed by atoms with Crippen LogP contribution in [0.2, 0.25) is 0 Å². The Morgan fingerprint density at radius 1 is 1.16 bits per heavy atom. The van der Waals surface area contributed by atoms with Gasteiger partial charge in [0.2, 0.25) is 5.95 Å². The number of nitriles is 1. The van der Waals surface area contributed by atoms with Crippen LogP contribution in [0.1, 0.15) is 11.3 Å². The van der Waals surface area contributed by atoms with E-state index in [2.05, 4.69) is 15.3 Å². The van der Waals surface area contributed by atoms with Crippen LogP contribution in [-0.4, -0.2) is 9.97 Å². The van der Waals surface area contributed by atoms with Gasteiger partial charge in [0.05, 0.1) is 11.3 Å². The van der Waals surface area contributed by atoms with Crippen molar-refractivity contribution in [2.45, 2.75) is 6.18 Å². The number of anilines is 2. The van der Waals surface area contributed by atoms with Crippen molar-refractivity contribution in [2.24, 2.45) is 0 Å². The first kappa shape index (κ1) is 12.8. The minimum Gasteiger partial charge on any atom is -0.324 e. The van der Waals surface area contributed by atoms with Gasteiger partial charge in [-0.1, -0.05) is 12.1 Å². The van der Waals surface area contributed by atoms with Gasteiger partial charge in [0, 0.05) is 6.20 Å². The minimum atomic E-state index is -4.48. The van der Waals surface area contributed by atoms with E-state index in [0.29, 0.717) is 0 Å². The first-order valence-corrected chi connectivity index (χ1v) is 5.17. The third-order valence-corrected chi connectivity index (χ3v) is 2.25. The summed E-state index contributed by atoms with van der Waals surface area (Å²) in [4.78, 5) is 7.52. The first-order valence-electron chi connectivity index (χ1n) is 5.17. The highest BCUT2D eigenvalue weighted by molar-refractivity contribution is 5.59. The molecule has 0 aliphatic rings. The minimum absolute atomic E-state index is 0.0595. The highest BCUT2D eigenvalue weighted by atomic mass is 19.4. The highest BCUT2D eigenvalue weighted by Crippen LogP contribution is 2.35. The molecular weight excluding hydrogens is 257 g/mol. The zero-order chi connectivity index (χ0) is 13.9. The average Bonchev–Trinajstić information content (AvgIpc) is 2.38. The van der Waals surface area contributed by atoms with Crippen LogP contribution in [0.3, 0.4) is 0 Å². The smallest absolute Gasteiger partial charge is 0.324 e. The number of para-hydroxylation sites is 1. The van der Waals surface area contributed by atoms with Gasteiger partial charge in [0.25, 0.3) is 0 Å². The van der Waals surface area contributed by atoms with Gasteiger partial charge in [-0.15, -0.1) is 0 Å². The van der Waals surface area contributed by atoms with E-state index in [9.17, 15) is 13.2 Å². The van der Waals surface area contributed by atoms with Crippen LogP contribution < -0.4 is 5.32 Å². The van der Waals surface area contributed by atoms with Crippen LogP contribution in [-0.2, 0) is 6.18 Å². The van der Waals surface area contributed by atoms with Crippen molar-refractivity contribution in [3.63, 3.8) is 0 Å². The zero-order valence-electron chi connectivity index (χ0n) is 9.44. The maximum Gasteiger partial charge on any atom is 0.418 e. The third-order valence-electron chi connectivity index (χ3n) is 2.25. The molecule has 0 aliphatic heterocycles. The van der Waals surface area contributed by atoms with E-state index in [1.54, 1.807) is 6.07 Å². The van der Waals surface area contributed by atoms with Crippen LogP contribution in [0.5, 0.6) is 0 Å². The van der Waals surface area contributed by atoms with E-state index in [4.69, 9.17) is 5.26 Å². The predicted octanol–water partition coefficient (Wildman–Crippen LogP) is 3.11. The second-order valence-electron chi connectivity index (χ2n) is 3.55. The Bertz CT molecular complexity index is 631. The summed E-state index contributed by atoms with van der Waals surface area (Å²) in [5.74, 6) is -0.0595. The molecular formula is C12H7F3N4. The molecule has 2 aromatic rings. The fourth-order valence-electron chi connectivity index (χ4n) is 1.44. The summed E-state index contributed by atoms with van der Waals surface area (Å²) in [5, 5.41) is 11.1. The molecule has 1 aromatic carbocycles. The Hall–Kier alpha value is -2.62. The molecule has 19 heavy (non-hydrogen) atoms. The average molecular weight is 264 g/mol. The number of hydrogen-bond donors (Lipinski definition) is 1. The Morgan fingerprint density at radius 3 is 2.58 bits per heavy atom. The van der Waals surface area contributed by atoms with Crippen molar-refractivity contribution in [2.75, 3.05) is 5.32 Å². The SMILES string of the molecule is N#Cc1ccnc(Nc2ccccc2C(F)(F)F)n1. The molecule has 0 aliphatic carbocycles. The lowest BCUT2D eigenvalue weighted by Crippen LogP contribution is -2.09. The van der Waals surface area contributed by atoms with E-state index < -0.39 is 11.7 Å². The van der Waals surface area contributed by atoms with Gasteiger partial charge in [-0.3, -0.25) is 0 Å². The lowest BCUT2D eigenvalue weighted by molar-refractivity contribution is -0.136. The van der Waals surface area contributed by atoms with Crippen molar-refractivity contribution in [1.82, 2.24) is 9.97 Å². The number of alkyl halides is 3. The van der Waals surface area contributed by atoms with Crippen LogP contribution in [0.15, 0.2) is 36.5 Å². The predicted molar refractivity (Wildman–Crippen MR) is 61.5 cm³/mol. The summed E-state index contributed by atoms with van der Waals surface area (Å²) >= 11 is 0. The molecule has 2 rings (SSSR count). The van der Waals surface area contributed by atoms with Crippen molar-refractivity contribution in [1.29, 1.82) is 5.26 Å². The standard InChI is InChI=1S/C12H7F3N4/c13-12(14,15)9-3-1-2-4-10(9)19-11-17-6-5-8(7-16)18-11/h1-6H,(H,17,18,19). The molecule has 1 N–H and O–H groups in total. The van der Waals surface area contributed by atoms with E-state index in [-0.39, 0.29) is 17.3 Å². The normalized spacial score (nSPS) is 10.8. The monoisotopic (exact) mass is 264 g/mol. The summed E-state index contributed by atoms with van der Waals surface area (Å²) in [6.45, 7) is 0. The van der Waals surface area contributed by atoms with Gasteiger partial charge in [-0.05, 0) is 18.2 Å². The van der Waals surface area contributed by atoms with Gasteiger partial charge in [-0.25, -0.2) is 9.97 Å². The molecule has 0 amide bonds. The fraction of sp³-hybridized carbons (Fsp3) is 0.0833. The molecule has 96 valence electrons. The lowest BCUT2D eigenvalue weighted by atomic mass is 10.1. The molecule has 0 fully saturated rings. The van der Waals surface area contributed by atoms with Gasteiger partial charge < -0.3 is 5.32 Å². The molecule has 0 atom stereocenters. The van der Waals surface area contributed by atoms with Gasteiger partial charge in [-0.2, -0.15) is 18.4 Å². The molecule has 0 radical (unpaired) electrons. The molecule has 1 heterocycles.